The molecule has 0 bridgehead atoms. The van der Waals surface area contributed by atoms with Crippen molar-refractivity contribution in [2.24, 2.45) is 0 Å². The molecule has 7 heteroatoms. The van der Waals surface area contributed by atoms with Crippen LogP contribution in [0, 0.1) is 0 Å². The van der Waals surface area contributed by atoms with Crippen LogP contribution in [0.4, 0.5) is 5.82 Å². The fraction of sp³-hybridized carbons (Fsp3) is 0.423. The van der Waals surface area contributed by atoms with E-state index in [0.717, 1.165) is 40.6 Å². The number of rotatable bonds is 4. The molecule has 33 heavy (non-hydrogen) atoms. The van der Waals surface area contributed by atoms with E-state index in [1.165, 1.54) is 37.8 Å². The third kappa shape index (κ3) is 4.08. The molecule has 2 aromatic heterocycles. The van der Waals surface area contributed by atoms with Crippen LogP contribution in [0.2, 0.25) is 0 Å². The van der Waals surface area contributed by atoms with Gasteiger partial charge in [-0.3, -0.25) is 4.79 Å². The molecule has 2 N–H and O–H groups in total. The highest BCUT2D eigenvalue weighted by molar-refractivity contribution is 5.93. The summed E-state index contributed by atoms with van der Waals surface area (Å²) in [6, 6.07) is 7.82. The molecule has 4 heterocycles. The van der Waals surface area contributed by atoms with E-state index < -0.39 is 0 Å². The summed E-state index contributed by atoms with van der Waals surface area (Å²) >= 11 is 0. The Bertz CT molecular complexity index is 1180. The smallest absolute Gasteiger partial charge is 0.225 e. The summed E-state index contributed by atoms with van der Waals surface area (Å²) in [5.41, 5.74) is 3.34. The van der Waals surface area contributed by atoms with Crippen LogP contribution in [-0.4, -0.2) is 27.5 Å². The first-order valence-corrected chi connectivity index (χ1v) is 12.0. The number of benzene rings is 1. The van der Waals surface area contributed by atoms with Crippen LogP contribution in [0.15, 0.2) is 36.7 Å². The fourth-order valence-corrected chi connectivity index (χ4v) is 5.27. The number of pyridine rings is 1. The van der Waals surface area contributed by atoms with Crippen LogP contribution in [0.3, 0.4) is 0 Å². The van der Waals surface area contributed by atoms with Crippen molar-refractivity contribution in [1.29, 1.82) is 0 Å². The van der Waals surface area contributed by atoms with Gasteiger partial charge in [0.2, 0.25) is 5.91 Å². The number of hydrogen-bond donors (Lipinski definition) is 2. The molecule has 1 saturated carbocycles. The predicted molar refractivity (Wildman–Crippen MR) is 124 cm³/mol. The van der Waals surface area contributed by atoms with E-state index in [9.17, 15) is 4.79 Å². The van der Waals surface area contributed by atoms with Gasteiger partial charge in [0.1, 0.15) is 28.9 Å². The average molecular weight is 445 g/mol. The number of aromatic amines is 1. The molecule has 1 fully saturated rings. The van der Waals surface area contributed by atoms with Gasteiger partial charge in [-0.05, 0) is 55.5 Å². The lowest BCUT2D eigenvalue weighted by atomic mass is 9.87. The quantitative estimate of drug-likeness (QED) is 0.574. The Balaban J connectivity index is 1.20. The zero-order valence-corrected chi connectivity index (χ0v) is 18.6. The zero-order valence-electron chi connectivity index (χ0n) is 18.6. The van der Waals surface area contributed by atoms with Crippen molar-refractivity contribution < 1.29 is 14.3 Å². The maximum absolute atomic E-state index is 11.7. The monoisotopic (exact) mass is 444 g/mol. The number of fused-ring (bicyclic) bond motifs is 2. The molecule has 0 radical (unpaired) electrons. The van der Waals surface area contributed by atoms with Crippen LogP contribution < -0.4 is 14.8 Å². The number of anilines is 1. The van der Waals surface area contributed by atoms with Crippen molar-refractivity contribution in [1.82, 2.24) is 15.0 Å². The second-order valence-electron chi connectivity index (χ2n) is 9.33. The minimum Gasteiger partial charge on any atom is -0.493 e. The molecule has 7 nitrogen and oxygen atoms in total. The summed E-state index contributed by atoms with van der Waals surface area (Å²) in [6.07, 6.45) is 12.1. The largest absolute Gasteiger partial charge is 0.493 e. The third-order valence-corrected chi connectivity index (χ3v) is 7.09. The number of nitrogens with zero attached hydrogens (tertiary/aromatic N) is 2. The van der Waals surface area contributed by atoms with Gasteiger partial charge in [-0.1, -0.05) is 19.3 Å². The fourth-order valence-electron chi connectivity index (χ4n) is 5.27. The van der Waals surface area contributed by atoms with Crippen molar-refractivity contribution in [2.45, 2.75) is 63.2 Å². The Kier molecular flexibility index (Phi) is 5.24. The maximum atomic E-state index is 11.7. The van der Waals surface area contributed by atoms with Gasteiger partial charge >= 0.3 is 0 Å². The third-order valence-electron chi connectivity index (χ3n) is 7.09. The molecule has 6 rings (SSSR count). The Hall–Kier alpha value is -3.35. The van der Waals surface area contributed by atoms with E-state index in [1.54, 1.807) is 6.20 Å². The van der Waals surface area contributed by atoms with Crippen molar-refractivity contribution in [3.8, 4) is 17.2 Å². The summed E-state index contributed by atoms with van der Waals surface area (Å²) in [5, 5.41) is 2.83. The number of carbonyl (C=O) groups excluding carboxylic acids is 1. The lowest BCUT2D eigenvalue weighted by Gasteiger charge is -2.25. The highest BCUT2D eigenvalue weighted by atomic mass is 16.5. The first-order chi connectivity index (χ1) is 16.2. The van der Waals surface area contributed by atoms with Crippen LogP contribution in [0.5, 0.6) is 17.2 Å². The van der Waals surface area contributed by atoms with Crippen LogP contribution in [-0.2, 0) is 17.6 Å². The summed E-state index contributed by atoms with van der Waals surface area (Å²) < 4.78 is 12.3. The minimum atomic E-state index is -0.00584. The molecular weight excluding hydrogens is 416 g/mol. The minimum absolute atomic E-state index is 0.00584. The van der Waals surface area contributed by atoms with Crippen molar-refractivity contribution in [3.05, 3.63) is 59.3 Å². The molecule has 3 aromatic rings. The number of imidazole rings is 1. The highest BCUT2D eigenvalue weighted by Crippen LogP contribution is 2.38. The van der Waals surface area contributed by atoms with E-state index in [1.807, 2.05) is 24.4 Å². The van der Waals surface area contributed by atoms with E-state index in [4.69, 9.17) is 14.5 Å². The zero-order chi connectivity index (χ0) is 22.2. The maximum Gasteiger partial charge on any atom is 0.225 e. The van der Waals surface area contributed by atoms with Gasteiger partial charge < -0.3 is 19.8 Å². The second-order valence-corrected chi connectivity index (χ2v) is 9.33. The van der Waals surface area contributed by atoms with Gasteiger partial charge in [-0.25, -0.2) is 9.97 Å². The molecule has 1 atom stereocenters. The normalized spacial score (nSPS) is 20.4. The number of carbonyl (C=O) groups is 1. The van der Waals surface area contributed by atoms with E-state index >= 15 is 0 Å². The molecule has 0 unspecified atom stereocenters. The Labute approximate surface area is 192 Å². The predicted octanol–water partition coefficient (Wildman–Crippen LogP) is 5.25. The summed E-state index contributed by atoms with van der Waals surface area (Å²) in [4.78, 5) is 24.3. The van der Waals surface area contributed by atoms with Crippen LogP contribution in [0.25, 0.3) is 0 Å². The number of H-pyrrole nitrogens is 1. The first kappa shape index (κ1) is 20.3. The molecule has 0 spiro atoms. The molecular formula is C26H28N4O3. The number of nitrogens with one attached hydrogen (secondary N) is 2. The summed E-state index contributed by atoms with van der Waals surface area (Å²) in [6.45, 7) is 0.627. The van der Waals surface area contributed by atoms with E-state index in [0.29, 0.717) is 31.2 Å². The standard InChI is InChI=1S/C26H28N4O3/c31-24-9-7-20-23(10-11-27-26(20)30-24)33-19-6-8-22-17(13-19)12-18(15-32-22)25-28-14-21(29-25)16-4-2-1-3-5-16/h6,8,10-11,13-14,16,18H,1-5,7,9,12,15H2,(H,28,29)(H,27,30,31)/t18-/m0/s1. The molecule has 2 aliphatic heterocycles. The highest BCUT2D eigenvalue weighted by Gasteiger charge is 2.26. The van der Waals surface area contributed by atoms with Gasteiger partial charge in [0.05, 0.1) is 12.5 Å². The number of amides is 1. The Morgan fingerprint density at radius 3 is 2.85 bits per heavy atom. The summed E-state index contributed by atoms with van der Waals surface area (Å²) in [5.74, 6) is 4.82. The van der Waals surface area contributed by atoms with E-state index in [2.05, 4.69) is 21.4 Å². The molecule has 170 valence electrons. The topological polar surface area (TPSA) is 89.1 Å². The first-order valence-electron chi connectivity index (χ1n) is 12.0. The lowest BCUT2D eigenvalue weighted by Crippen LogP contribution is -2.21. The van der Waals surface area contributed by atoms with Crippen molar-refractivity contribution in [3.63, 3.8) is 0 Å². The SMILES string of the molecule is O=C1CCc2c(Oc3ccc4c(c3)C[C@H](c3ncc(C5CCCCC5)[nH]3)CO4)ccnc2N1. The Morgan fingerprint density at radius 2 is 1.94 bits per heavy atom. The van der Waals surface area contributed by atoms with Gasteiger partial charge in [0, 0.05) is 36.0 Å². The van der Waals surface area contributed by atoms with Crippen molar-refractivity contribution in [2.75, 3.05) is 11.9 Å². The molecule has 3 aliphatic rings. The molecule has 0 saturated heterocycles. The Morgan fingerprint density at radius 1 is 1.03 bits per heavy atom. The lowest BCUT2D eigenvalue weighted by molar-refractivity contribution is -0.116. The molecule has 1 aromatic carbocycles. The van der Waals surface area contributed by atoms with Gasteiger partial charge in [-0.15, -0.1) is 0 Å². The average Bonchev–Trinajstić information content (AvgIpc) is 3.35. The number of ether oxygens (including phenoxy) is 2. The molecule has 1 aliphatic carbocycles. The van der Waals surface area contributed by atoms with E-state index in [-0.39, 0.29) is 11.8 Å². The second kappa shape index (κ2) is 8.54. The van der Waals surface area contributed by atoms with Gasteiger partial charge in [0.15, 0.2) is 0 Å². The van der Waals surface area contributed by atoms with Gasteiger partial charge in [0.25, 0.3) is 0 Å². The van der Waals surface area contributed by atoms with Crippen LogP contribution >= 0.6 is 0 Å². The molecule has 1 amide bonds. The number of aromatic nitrogens is 3. The van der Waals surface area contributed by atoms with Crippen LogP contribution in [0.1, 0.15) is 73.0 Å². The van der Waals surface area contributed by atoms with Crippen molar-refractivity contribution >= 4 is 11.7 Å². The summed E-state index contributed by atoms with van der Waals surface area (Å²) in [7, 11) is 0. The number of hydrogen-bond acceptors (Lipinski definition) is 5. The van der Waals surface area contributed by atoms with Gasteiger partial charge in [-0.2, -0.15) is 0 Å².